The summed E-state index contributed by atoms with van der Waals surface area (Å²) in [6, 6.07) is 28.8. The first kappa shape index (κ1) is 45.3. The van der Waals surface area contributed by atoms with Crippen LogP contribution in [0.15, 0.2) is 78.9 Å². The number of fused-ring (bicyclic) bond motifs is 6. The van der Waals surface area contributed by atoms with Crippen molar-refractivity contribution >= 4 is 74.1 Å². The number of hydrogen-bond acceptors (Lipinski definition) is 13. The molecular weight excluding hydrogens is 803 g/mol. The van der Waals surface area contributed by atoms with Gasteiger partial charge in [0.15, 0.2) is 11.9 Å². The summed E-state index contributed by atoms with van der Waals surface area (Å²) in [5, 5.41) is 22.8. The van der Waals surface area contributed by atoms with Crippen molar-refractivity contribution in [2.24, 2.45) is 5.73 Å². The number of aromatic nitrogens is 6. The lowest BCUT2D eigenvalue weighted by atomic mass is 10.2. The topological polar surface area (TPSA) is 199 Å². The zero-order chi connectivity index (χ0) is 41.4. The lowest BCUT2D eigenvalue weighted by molar-refractivity contribution is 0.0394. The number of para-hydroxylation sites is 4. The number of nitrogens with two attached hydrogens (primary N) is 1. The number of H-pyrrole nitrogens is 1. The largest absolute Gasteiger partial charge is 0.379 e. The van der Waals surface area contributed by atoms with Gasteiger partial charge in [0, 0.05) is 57.7 Å². The lowest BCUT2D eigenvalue weighted by Crippen LogP contribution is -2.39. The number of nitrogens with zero attached hydrogens (tertiary/aromatic N) is 9. The maximum Gasteiger partial charge on any atom is 0.157 e. The molecule has 2 aliphatic rings. The Morgan fingerprint density at radius 2 is 1.50 bits per heavy atom. The Hall–Kier alpha value is -5.75. The van der Waals surface area contributed by atoms with Crippen LogP contribution in [0.5, 0.6) is 0 Å². The number of imidazole rings is 2. The molecule has 7 aromatic rings. The zero-order valence-corrected chi connectivity index (χ0v) is 33.9. The molecule has 0 radical (unpaired) electrons. The van der Waals surface area contributed by atoms with Crippen LogP contribution in [0.1, 0.15) is 29.2 Å². The van der Waals surface area contributed by atoms with E-state index in [1.165, 1.54) is 12.1 Å². The predicted octanol–water partition coefficient (Wildman–Crippen LogP) is 6.39. The molecule has 0 unspecified atom stereocenters. The van der Waals surface area contributed by atoms with Crippen molar-refractivity contribution in [3.63, 3.8) is 0 Å². The van der Waals surface area contributed by atoms with Crippen LogP contribution in [-0.2, 0) is 15.9 Å². The van der Waals surface area contributed by atoms with E-state index in [1.54, 1.807) is 0 Å². The van der Waals surface area contributed by atoms with Crippen LogP contribution in [0.4, 0.5) is 5.82 Å². The number of rotatable bonds is 8. The van der Waals surface area contributed by atoms with Gasteiger partial charge in [0.2, 0.25) is 0 Å². The summed E-state index contributed by atoms with van der Waals surface area (Å²) in [6.45, 7) is 11.0. The minimum atomic E-state index is 0. The molecule has 4 N–H and O–H groups in total. The van der Waals surface area contributed by atoms with Crippen molar-refractivity contribution in [2.45, 2.75) is 13.8 Å². The molecule has 0 aliphatic carbocycles. The van der Waals surface area contributed by atoms with Crippen molar-refractivity contribution in [3.05, 3.63) is 106 Å². The van der Waals surface area contributed by atoms with E-state index in [4.69, 9.17) is 48.7 Å². The average molecular weight is 852 g/mol. The second-order valence-corrected chi connectivity index (χ2v) is 14.1. The normalized spacial score (nSPS) is 14.0. The van der Waals surface area contributed by atoms with Gasteiger partial charge in [-0.05, 0) is 54.6 Å². The van der Waals surface area contributed by atoms with Crippen molar-refractivity contribution in [1.82, 2.24) is 39.1 Å². The number of carbonyl (C=O) groups is 1. The van der Waals surface area contributed by atoms with Crippen molar-refractivity contribution in [3.8, 4) is 12.1 Å². The smallest absolute Gasteiger partial charge is 0.157 e. The van der Waals surface area contributed by atoms with Gasteiger partial charge in [0.05, 0.1) is 72.1 Å². The highest BCUT2D eigenvalue weighted by Crippen LogP contribution is 2.26. The minimum Gasteiger partial charge on any atom is -0.379 e. The van der Waals surface area contributed by atoms with Gasteiger partial charge >= 0.3 is 0 Å². The molecular formula is C43H48Cl2N12O3. The zero-order valence-electron chi connectivity index (χ0n) is 32.4. The number of morpholine rings is 2. The first-order chi connectivity index (χ1) is 28.9. The van der Waals surface area contributed by atoms with Crippen LogP contribution in [0.3, 0.4) is 0 Å². The van der Waals surface area contributed by atoms with E-state index < -0.39 is 0 Å². The fraction of sp³-hybridized carbons (Fsp3) is 0.326. The first-order valence-corrected chi connectivity index (χ1v) is 19.9. The molecule has 0 saturated carbocycles. The van der Waals surface area contributed by atoms with Gasteiger partial charge in [-0.2, -0.15) is 10.5 Å². The van der Waals surface area contributed by atoms with Gasteiger partial charge in [-0.1, -0.05) is 54.9 Å². The van der Waals surface area contributed by atoms with Crippen molar-refractivity contribution in [1.29, 1.82) is 10.5 Å². The molecule has 0 spiro atoms. The number of hydrogen-bond donors (Lipinski definition) is 3. The van der Waals surface area contributed by atoms with Crippen LogP contribution in [0.25, 0.3) is 38.7 Å². The van der Waals surface area contributed by atoms with Crippen molar-refractivity contribution < 1.29 is 14.3 Å². The van der Waals surface area contributed by atoms with Gasteiger partial charge in [-0.3, -0.25) is 19.0 Å². The second kappa shape index (κ2) is 23.1. The van der Waals surface area contributed by atoms with Crippen molar-refractivity contribution in [2.75, 3.05) is 84.1 Å². The Morgan fingerprint density at radius 3 is 2.15 bits per heavy atom. The molecule has 60 heavy (non-hydrogen) atoms. The van der Waals surface area contributed by atoms with Crippen LogP contribution in [-0.4, -0.2) is 124 Å². The number of halogens is 2. The number of nitrogens with one attached hydrogen (secondary N) is 2. The molecule has 5 aromatic heterocycles. The van der Waals surface area contributed by atoms with Gasteiger partial charge in [0.1, 0.15) is 33.7 Å². The number of anilines is 1. The average Bonchev–Trinajstić information content (AvgIpc) is 3.87. The molecule has 2 aliphatic heterocycles. The van der Waals surface area contributed by atoms with Crippen LogP contribution in [0, 0.1) is 22.7 Å². The maximum absolute atomic E-state index is 10.2. The summed E-state index contributed by atoms with van der Waals surface area (Å²) < 4.78 is 12.5. The molecule has 2 fully saturated rings. The molecule has 7 heterocycles. The third kappa shape index (κ3) is 12.2. The summed E-state index contributed by atoms with van der Waals surface area (Å²) in [6.07, 6.45) is 0.973. The fourth-order valence-electron chi connectivity index (χ4n) is 6.42. The highest BCUT2D eigenvalue weighted by Gasteiger charge is 2.15. The number of benzene rings is 2. The molecule has 15 nitrogen and oxygen atoms in total. The second-order valence-electron chi connectivity index (χ2n) is 13.3. The molecule has 2 aromatic carbocycles. The highest BCUT2D eigenvalue weighted by atomic mass is 35.5. The molecule has 0 atom stereocenters. The molecule has 312 valence electrons. The Labute approximate surface area is 358 Å². The summed E-state index contributed by atoms with van der Waals surface area (Å²) in [5.41, 5.74) is 11.5. The number of pyridine rings is 3. The van der Waals surface area contributed by atoms with E-state index in [0.717, 1.165) is 124 Å². The Kier molecular flexibility index (Phi) is 17.5. The SMILES string of the molecule is C.N#CCc1nc2ccccc2[nH]1.N#Cc1cc2ccc(NCCN3CCOCC3)nc2n2c1nc1ccccc12.NCCN1CCOCC1.O=Cc1ccc(Cl)nc1Cl. The molecule has 9 rings (SSSR count). The predicted molar refractivity (Wildman–Crippen MR) is 237 cm³/mol. The fourth-order valence-corrected chi connectivity index (χ4v) is 6.81. The number of carbonyl (C=O) groups excluding carboxylic acids is 1. The molecule has 0 bridgehead atoms. The Balaban J connectivity index is 0.000000176. The van der Waals surface area contributed by atoms with E-state index in [2.05, 4.69) is 47.2 Å². The molecule has 0 amide bonds. The van der Waals surface area contributed by atoms with Crippen LogP contribution >= 0.6 is 23.2 Å². The summed E-state index contributed by atoms with van der Waals surface area (Å²) in [5.74, 6) is 1.56. The summed E-state index contributed by atoms with van der Waals surface area (Å²) >= 11 is 11.0. The van der Waals surface area contributed by atoms with E-state index >= 15 is 0 Å². The van der Waals surface area contributed by atoms with Crippen LogP contribution < -0.4 is 11.1 Å². The van der Waals surface area contributed by atoms with Gasteiger partial charge in [-0.15, -0.1) is 0 Å². The number of aromatic amines is 1. The quantitative estimate of drug-likeness (QED) is 0.112. The van der Waals surface area contributed by atoms with Gasteiger partial charge < -0.3 is 25.5 Å². The van der Waals surface area contributed by atoms with E-state index in [1.807, 2.05) is 71.1 Å². The van der Waals surface area contributed by atoms with E-state index in [-0.39, 0.29) is 17.7 Å². The van der Waals surface area contributed by atoms with Crippen LogP contribution in [0.2, 0.25) is 10.3 Å². The first-order valence-electron chi connectivity index (χ1n) is 19.1. The number of ether oxygens (including phenoxy) is 2. The number of aldehydes is 1. The van der Waals surface area contributed by atoms with E-state index in [0.29, 0.717) is 29.5 Å². The lowest BCUT2D eigenvalue weighted by Gasteiger charge is -2.26. The minimum absolute atomic E-state index is 0. The Morgan fingerprint density at radius 1 is 0.817 bits per heavy atom. The third-order valence-electron chi connectivity index (χ3n) is 9.38. The molecule has 2 saturated heterocycles. The third-order valence-corrected chi connectivity index (χ3v) is 9.89. The van der Waals surface area contributed by atoms with Gasteiger partial charge in [0.25, 0.3) is 0 Å². The standard InChI is InChI=1S/C21H20N6O.C9H7N3.C6H3Cl2NO.C6H14N2O.CH4/c22-14-16-13-15-5-6-19(23-7-8-26-9-11-28-12-10-26)25-20(15)27-18-4-2-1-3-17(18)24-21(16)27;10-6-5-9-11-7-3-1-2-4-8(7)12-9;7-5-2-1-4(3-10)6(8)9-5;7-1-2-8-3-5-9-6-4-8;/h1-6,13H,7-12H2,(H,23,25);1-4H,5H2,(H,11,12);1-3H;1-7H2;1H4. The van der Waals surface area contributed by atoms with Gasteiger partial charge in [-0.25, -0.2) is 19.9 Å². The molecule has 17 heteroatoms. The summed E-state index contributed by atoms with van der Waals surface area (Å²) in [4.78, 5) is 35.3. The maximum atomic E-state index is 10.2. The summed E-state index contributed by atoms with van der Waals surface area (Å²) in [7, 11) is 0. The number of nitriles is 2. The van der Waals surface area contributed by atoms with E-state index in [9.17, 15) is 10.1 Å². The monoisotopic (exact) mass is 850 g/mol. The highest BCUT2D eigenvalue weighted by molar-refractivity contribution is 6.33. The Bertz CT molecular complexity index is 2520.